The Balaban J connectivity index is 0.000000814. The predicted octanol–water partition coefficient (Wildman–Crippen LogP) is 11.8. The molecule has 0 aromatic heterocycles. The number of hydroxylamine groups is 2. The average molecular weight is 2120 g/mol. The molecule has 746 valence electrons. The first kappa shape index (κ1) is 122. The minimum atomic E-state index is -2.34. The van der Waals surface area contributed by atoms with Crippen LogP contribution in [0.3, 0.4) is 0 Å². The molecule has 5 aromatic rings. The second kappa shape index (κ2) is 66.8. The molecule has 0 saturated carbocycles. The number of aliphatic carboxylic acids is 5. The molecule has 0 unspecified atom stereocenters. The van der Waals surface area contributed by atoms with E-state index in [1.165, 1.54) is 21.7 Å². The third kappa shape index (κ3) is 45.2. The fourth-order valence-electron chi connectivity index (χ4n) is 12.8. The SMILES string of the molecule is C=C(CCCC)C(=O)N1C(=O)OC(C)(C)[C@@H]1Cc1ccccc1.C=C(CCCC)C(=O)O.CCCCC(C(=O)O)C(=O)O.CCCC[C@H](CN(C)C=O)C(=O)O.CCCC[C@H](CN(C)C=O)C(=O)Oc1c(F)c(F)c(F)c(F)c1F.CCCC[C@H](CNO[I-]C(=O)c1ccccc1)C(=O)N1C(=O)OC(C)(C)[C@@H]1Cc1ccccc1.CCCC[C@H](CNO[I-]C(=O)c1ccccc1)C(=O)O. The van der Waals surface area contributed by atoms with Gasteiger partial charge in [0.1, 0.15) is 5.60 Å². The number of halogens is 7. The normalized spacial score (nSPS) is 14.5. The first-order valence-corrected chi connectivity index (χ1v) is 48.4. The summed E-state index contributed by atoms with van der Waals surface area (Å²) in [7, 11) is 2.96. The van der Waals surface area contributed by atoms with Crippen LogP contribution in [0.2, 0.25) is 0 Å². The molecule has 0 aliphatic carbocycles. The molecule has 134 heavy (non-hydrogen) atoms. The Labute approximate surface area is 803 Å². The third-order valence-corrected chi connectivity index (χ3v) is 23.9. The fraction of sp³-hybridized carbons (Fsp3) is 0.505. The second-order valence-corrected chi connectivity index (χ2v) is 36.3. The van der Waals surface area contributed by atoms with Gasteiger partial charge in [-0.05, 0) is 70.8 Å². The van der Waals surface area contributed by atoms with Gasteiger partial charge in [0.25, 0.3) is 5.91 Å². The summed E-state index contributed by atoms with van der Waals surface area (Å²) < 4.78 is 92.3. The molecule has 6 atom stereocenters. The summed E-state index contributed by atoms with van der Waals surface area (Å²) in [6.07, 6.45) is 16.5. The van der Waals surface area contributed by atoms with Crippen molar-refractivity contribution in [2.75, 3.05) is 40.3 Å². The first-order valence-electron chi connectivity index (χ1n) is 44.5. The van der Waals surface area contributed by atoms with Gasteiger partial charge in [-0.25, -0.2) is 27.7 Å². The van der Waals surface area contributed by atoms with Crippen molar-refractivity contribution in [3.05, 3.63) is 197 Å². The molecule has 2 aliphatic rings. The Morgan fingerprint density at radius 3 is 1.16 bits per heavy atom. The number of nitrogens with one attached hydrogen (secondary N) is 2. The average Bonchev–Trinajstić information content (AvgIpc) is 1.65. The summed E-state index contributed by atoms with van der Waals surface area (Å²) >= 11 is -2.35. The number of benzene rings is 5. The zero-order valence-corrected chi connectivity index (χ0v) is 83.0. The number of carbonyl (C=O) groups is 14. The number of unbranched alkanes of at least 4 members (excludes halogenated alkanes) is 7. The Kier molecular flexibility index (Phi) is 60.6. The number of amides is 6. The molecule has 37 heteroatoms. The molecule has 0 spiro atoms. The maximum absolute atomic E-state index is 13.6. The predicted molar refractivity (Wildman–Crippen MR) is 482 cm³/mol. The number of nitrogens with zero attached hydrogens (tertiary/aromatic N) is 4. The van der Waals surface area contributed by atoms with Gasteiger partial charge in [-0.2, -0.15) is 8.78 Å². The van der Waals surface area contributed by atoms with Crippen molar-refractivity contribution in [3.8, 4) is 5.75 Å². The Morgan fingerprint density at radius 2 is 0.784 bits per heavy atom. The van der Waals surface area contributed by atoms with E-state index in [1.54, 1.807) is 43.4 Å². The van der Waals surface area contributed by atoms with E-state index in [2.05, 4.69) is 42.7 Å². The molecule has 2 saturated heterocycles. The van der Waals surface area contributed by atoms with E-state index < -0.39 is 173 Å². The number of cyclic esters (lactones) is 2. The summed E-state index contributed by atoms with van der Waals surface area (Å²) in [6, 6.07) is 36.8. The molecular formula is C97H133F5I2N6O24-2. The van der Waals surface area contributed by atoms with Gasteiger partial charge in [-0.1, -0.05) is 129 Å². The van der Waals surface area contributed by atoms with E-state index in [1.807, 2.05) is 147 Å². The monoisotopic (exact) mass is 2110 g/mol. The van der Waals surface area contributed by atoms with Crippen LogP contribution >= 0.6 is 0 Å². The van der Waals surface area contributed by atoms with Crippen molar-refractivity contribution in [2.45, 2.75) is 247 Å². The van der Waals surface area contributed by atoms with Gasteiger partial charge in [-0.15, -0.1) is 0 Å². The number of imide groups is 2. The van der Waals surface area contributed by atoms with Crippen LogP contribution in [-0.4, -0.2) is 189 Å². The topological polar surface area (TPSA) is 423 Å². The van der Waals surface area contributed by atoms with Crippen molar-refractivity contribution in [3.63, 3.8) is 0 Å². The van der Waals surface area contributed by atoms with Crippen LogP contribution in [0.15, 0.2) is 146 Å². The molecule has 5 aromatic carbocycles. The molecule has 7 N–H and O–H groups in total. The van der Waals surface area contributed by atoms with Crippen LogP contribution in [0.25, 0.3) is 0 Å². The van der Waals surface area contributed by atoms with Crippen LogP contribution < -0.4 is 58.9 Å². The molecule has 30 nitrogen and oxygen atoms in total. The van der Waals surface area contributed by atoms with Gasteiger partial charge in [0.2, 0.25) is 47.7 Å². The third-order valence-electron chi connectivity index (χ3n) is 20.8. The standard InChI is InChI=1S/C26H32IN2O5.C19H25NO3.C15H16F5NO3.C14H19INO4.C9H17NO3.C7H12O4.C7H12O2/c1-4-5-14-21(18-28-34-27-23(30)20-15-10-7-11-16-20)24(31)29-22(26(2,3)33-25(29)32)17-19-12-8-6-9-13-19;1-5-6-10-14(2)17(21)20-16(19(3,4)23-18(20)22)13-15-11-8-7-9-12-15;1-3-4-5-8(6-21(2)7-22)15(23)24-14-12(19)10(17)9(16)11(18)13(14)20;1-2-3-7-12(14(18)19)10-16-20-15-13(17)11-8-5-4-6-9-11;1-3-4-5-8(9(12)13)6-10(2)7-11;1-2-3-4-5(6(8)9)7(10)11;1-3-4-5-6(2)7(8)9/h6-13,15-16,21-22,28H,4-5,14,17-18H2,1-3H3;7-9,11-12,16H,2,5-6,10,13H2,1,3-4H3;7-8H,3-6H2,1-2H3;4-6,8-9,12,16H,2-3,7,10H2,1H3,(H,18,19);7-8H,3-6H2,1-2H3,(H,12,13);5H,2-4H2,1H3,(H,8,9)(H,10,11);2-5H2,1H3,(H,8,9)/q-1;;;-1;;;/t21-,22+;16-;8-;12-;8-;;/m10111../s1. The number of rotatable bonds is 52. The number of hydrogen-bond donors (Lipinski definition) is 7. The van der Waals surface area contributed by atoms with Gasteiger partial charge in [0.15, 0.2) is 5.92 Å². The van der Waals surface area contributed by atoms with Crippen LogP contribution in [0.1, 0.15) is 243 Å². The second-order valence-electron chi connectivity index (χ2n) is 32.6. The number of carbonyl (C=O) groups excluding carboxylic acids is 9. The molecule has 2 heterocycles. The van der Waals surface area contributed by atoms with Gasteiger partial charge >= 0.3 is 378 Å². The van der Waals surface area contributed by atoms with Crippen molar-refractivity contribution < 1.29 is 178 Å². The van der Waals surface area contributed by atoms with Crippen LogP contribution in [0.4, 0.5) is 31.5 Å². The number of hydrogen-bond acceptors (Lipinski definition) is 21. The summed E-state index contributed by atoms with van der Waals surface area (Å²) in [5, 5.41) is 42.9. The molecule has 7 rings (SSSR count). The van der Waals surface area contributed by atoms with E-state index >= 15 is 0 Å². The van der Waals surface area contributed by atoms with E-state index in [-0.39, 0.29) is 57.9 Å². The Hall–Kier alpha value is -10.5. The summed E-state index contributed by atoms with van der Waals surface area (Å²) in [5.41, 5.74) is 8.07. The number of esters is 1. The minimum absolute atomic E-state index is 0.0302. The zero-order valence-electron chi connectivity index (χ0n) is 78.7. The summed E-state index contributed by atoms with van der Waals surface area (Å²) in [5.74, 6) is -23.1. The van der Waals surface area contributed by atoms with Crippen LogP contribution in [-0.2, 0) is 76.6 Å². The van der Waals surface area contributed by atoms with Crippen molar-refractivity contribution in [2.24, 2.45) is 29.6 Å². The number of ether oxygens (including phenoxy) is 3. The van der Waals surface area contributed by atoms with Gasteiger partial charge in [0.05, 0.1) is 17.9 Å². The van der Waals surface area contributed by atoms with Gasteiger partial charge < -0.3 is 39.7 Å². The number of carboxylic acid groups (broad SMARTS) is 5. The molecule has 2 aliphatic heterocycles. The van der Waals surface area contributed by atoms with Crippen LogP contribution in [0, 0.1) is 58.7 Å². The Morgan fingerprint density at radius 1 is 0.455 bits per heavy atom. The van der Waals surface area contributed by atoms with E-state index in [4.69, 9.17) is 41.3 Å². The van der Waals surface area contributed by atoms with E-state index in [0.29, 0.717) is 106 Å². The molecule has 6 amide bonds. The zero-order chi connectivity index (χ0) is 101. The Bertz CT molecular complexity index is 4470. The van der Waals surface area contributed by atoms with Gasteiger partial charge in [-0.3, -0.25) is 33.6 Å². The van der Waals surface area contributed by atoms with E-state index in [0.717, 1.165) is 86.7 Å². The summed E-state index contributed by atoms with van der Waals surface area (Å²) in [6.45, 7) is 29.2. The van der Waals surface area contributed by atoms with Crippen molar-refractivity contribution in [1.29, 1.82) is 0 Å². The molecule has 2 fully saturated rings. The summed E-state index contributed by atoms with van der Waals surface area (Å²) in [4.78, 5) is 166. The van der Waals surface area contributed by atoms with Crippen molar-refractivity contribution >= 4 is 80.2 Å². The molecule has 0 bridgehead atoms. The molecular weight excluding hydrogens is 1980 g/mol. The molecule has 0 radical (unpaired) electrons. The maximum atomic E-state index is 13.6. The van der Waals surface area contributed by atoms with Crippen molar-refractivity contribution in [1.82, 2.24) is 30.6 Å². The van der Waals surface area contributed by atoms with Gasteiger partial charge in [0, 0.05) is 38.3 Å². The number of carboxylic acids is 5. The first-order chi connectivity index (χ1) is 63.5. The quantitative estimate of drug-likeness (QED) is 0.00155. The fourth-order valence-corrected chi connectivity index (χ4v) is 15.1. The van der Waals surface area contributed by atoms with Crippen LogP contribution in [0.5, 0.6) is 5.75 Å². The van der Waals surface area contributed by atoms with E-state index in [9.17, 15) is 89.1 Å².